The minimum atomic E-state index is -0.885. The van der Waals surface area contributed by atoms with Crippen LogP contribution in [0.4, 0.5) is 8.78 Å². The number of H-pyrrole nitrogens is 1. The van der Waals surface area contributed by atoms with Crippen molar-refractivity contribution in [3.63, 3.8) is 0 Å². The molecule has 1 aromatic carbocycles. The number of halogens is 2. The Morgan fingerprint density at radius 3 is 2.67 bits per heavy atom. The van der Waals surface area contributed by atoms with E-state index >= 15 is 0 Å². The molecule has 0 aliphatic heterocycles. The van der Waals surface area contributed by atoms with Gasteiger partial charge in [-0.2, -0.15) is 0 Å². The molecule has 0 spiro atoms. The van der Waals surface area contributed by atoms with Crippen LogP contribution >= 0.6 is 12.2 Å². The summed E-state index contributed by atoms with van der Waals surface area (Å²) in [5.41, 5.74) is 0.598. The van der Waals surface area contributed by atoms with Crippen molar-refractivity contribution < 1.29 is 8.78 Å². The molecule has 1 N–H and O–H groups in total. The van der Waals surface area contributed by atoms with Crippen molar-refractivity contribution in [3.05, 3.63) is 46.4 Å². The highest BCUT2D eigenvalue weighted by atomic mass is 32.1. The van der Waals surface area contributed by atoms with E-state index in [1.807, 2.05) is 13.8 Å². The minimum Gasteiger partial charge on any atom is -0.343 e. The summed E-state index contributed by atoms with van der Waals surface area (Å²) >= 11 is 5.04. The summed E-state index contributed by atoms with van der Waals surface area (Å²) in [5.74, 6) is -0.983. The van der Waals surface area contributed by atoms with Gasteiger partial charge in [0.1, 0.15) is 10.5 Å². The third-order valence-corrected chi connectivity index (χ3v) is 2.76. The fourth-order valence-electron chi connectivity index (χ4n) is 1.61. The van der Waals surface area contributed by atoms with E-state index in [1.165, 1.54) is 18.2 Å². The Hall–Kier alpha value is -1.62. The molecule has 0 radical (unpaired) electrons. The zero-order valence-electron chi connectivity index (χ0n) is 10.00. The topological polar surface area (TPSA) is 28.7 Å². The second-order valence-electron chi connectivity index (χ2n) is 4.27. The van der Waals surface area contributed by atoms with Crippen LogP contribution in [0.3, 0.4) is 0 Å². The number of nitrogens with one attached hydrogen (secondary N) is 1. The highest BCUT2D eigenvalue weighted by Crippen LogP contribution is 2.23. The summed E-state index contributed by atoms with van der Waals surface area (Å²) < 4.78 is 27.3. The van der Waals surface area contributed by atoms with Crippen LogP contribution in [0.15, 0.2) is 24.3 Å². The van der Waals surface area contributed by atoms with Crippen molar-refractivity contribution in [2.24, 2.45) is 0 Å². The van der Waals surface area contributed by atoms with Crippen molar-refractivity contribution in [1.29, 1.82) is 0 Å². The molecule has 94 valence electrons. The summed E-state index contributed by atoms with van der Waals surface area (Å²) in [7, 11) is 0. The lowest BCUT2D eigenvalue weighted by Gasteiger charge is -2.09. The van der Waals surface area contributed by atoms with Gasteiger partial charge in [0, 0.05) is 11.5 Å². The van der Waals surface area contributed by atoms with Crippen molar-refractivity contribution in [1.82, 2.24) is 9.97 Å². The first kappa shape index (κ1) is 12.8. The average molecular weight is 266 g/mol. The largest absolute Gasteiger partial charge is 0.343 e. The van der Waals surface area contributed by atoms with Crippen LogP contribution in [0.2, 0.25) is 0 Å². The molecule has 0 atom stereocenters. The summed E-state index contributed by atoms with van der Waals surface area (Å²) in [6.45, 7) is 3.89. The number of benzene rings is 1. The van der Waals surface area contributed by atoms with Gasteiger partial charge in [-0.3, -0.25) is 0 Å². The molecule has 0 saturated heterocycles. The van der Waals surface area contributed by atoms with Gasteiger partial charge in [0.2, 0.25) is 0 Å². The molecule has 0 aliphatic rings. The van der Waals surface area contributed by atoms with E-state index in [1.54, 1.807) is 0 Å². The second-order valence-corrected chi connectivity index (χ2v) is 4.69. The average Bonchev–Trinajstić information content (AvgIpc) is 2.31. The molecule has 0 fully saturated rings. The Bertz CT molecular complexity index is 635. The van der Waals surface area contributed by atoms with Crippen molar-refractivity contribution >= 4 is 12.2 Å². The van der Waals surface area contributed by atoms with Gasteiger partial charge in [-0.25, -0.2) is 13.8 Å². The molecule has 1 aromatic heterocycles. The van der Waals surface area contributed by atoms with E-state index in [-0.39, 0.29) is 11.5 Å². The highest BCUT2D eigenvalue weighted by Gasteiger charge is 2.12. The molecule has 2 aromatic rings. The van der Waals surface area contributed by atoms with Crippen LogP contribution < -0.4 is 0 Å². The minimum absolute atomic E-state index is 0.128. The third-order valence-electron chi connectivity index (χ3n) is 2.55. The standard InChI is InChI=1S/C13H12F2N2S/c1-7(2)13-16-10(6-11(18)17-13)8-4-3-5-9(14)12(8)15/h3-7H,1-2H3,(H,16,17,18). The Morgan fingerprint density at radius 1 is 1.28 bits per heavy atom. The van der Waals surface area contributed by atoms with Gasteiger partial charge in [-0.1, -0.05) is 32.1 Å². The fraction of sp³-hybridized carbons (Fsp3) is 0.231. The summed E-state index contributed by atoms with van der Waals surface area (Å²) in [4.78, 5) is 7.14. The lowest BCUT2D eigenvalue weighted by Crippen LogP contribution is -2.00. The predicted molar refractivity (Wildman–Crippen MR) is 68.9 cm³/mol. The number of hydrogen-bond acceptors (Lipinski definition) is 2. The molecule has 0 saturated carbocycles. The molecule has 1 heterocycles. The monoisotopic (exact) mass is 266 g/mol. The number of aromatic amines is 1. The number of aromatic nitrogens is 2. The lowest BCUT2D eigenvalue weighted by molar-refractivity contribution is 0.511. The number of rotatable bonds is 2. The van der Waals surface area contributed by atoms with E-state index in [9.17, 15) is 8.78 Å². The van der Waals surface area contributed by atoms with E-state index in [0.29, 0.717) is 16.2 Å². The van der Waals surface area contributed by atoms with Crippen LogP contribution in [0.25, 0.3) is 11.3 Å². The number of hydrogen-bond donors (Lipinski definition) is 1. The second kappa shape index (κ2) is 4.94. The smallest absolute Gasteiger partial charge is 0.168 e. The van der Waals surface area contributed by atoms with Crippen molar-refractivity contribution in [2.75, 3.05) is 0 Å². The Balaban J connectivity index is 2.64. The molecule has 0 unspecified atom stereocenters. The normalized spacial score (nSPS) is 10.9. The van der Waals surface area contributed by atoms with Gasteiger partial charge in [0.15, 0.2) is 11.6 Å². The first-order valence-corrected chi connectivity index (χ1v) is 5.95. The lowest BCUT2D eigenvalue weighted by atomic mass is 10.1. The van der Waals surface area contributed by atoms with Crippen LogP contribution in [-0.2, 0) is 0 Å². The SMILES string of the molecule is CC(C)c1nc(=S)cc(-c2cccc(F)c2F)[nH]1. The van der Waals surface area contributed by atoms with E-state index in [2.05, 4.69) is 9.97 Å². The fourth-order valence-corrected chi connectivity index (χ4v) is 1.82. The maximum atomic E-state index is 13.7. The summed E-state index contributed by atoms with van der Waals surface area (Å²) in [5, 5.41) is 0. The van der Waals surface area contributed by atoms with Crippen LogP contribution in [0, 0.1) is 16.3 Å². The van der Waals surface area contributed by atoms with E-state index in [4.69, 9.17) is 12.2 Å². The van der Waals surface area contributed by atoms with Gasteiger partial charge in [0.05, 0.1) is 5.69 Å². The molecule has 18 heavy (non-hydrogen) atoms. The maximum Gasteiger partial charge on any atom is 0.168 e. The van der Waals surface area contributed by atoms with E-state index < -0.39 is 11.6 Å². The Kier molecular flexibility index (Phi) is 3.52. The molecule has 2 nitrogen and oxygen atoms in total. The first-order chi connectivity index (χ1) is 8.49. The van der Waals surface area contributed by atoms with E-state index in [0.717, 1.165) is 6.07 Å². The van der Waals surface area contributed by atoms with Crippen molar-refractivity contribution in [2.45, 2.75) is 19.8 Å². The summed E-state index contributed by atoms with van der Waals surface area (Å²) in [6, 6.07) is 5.57. The summed E-state index contributed by atoms with van der Waals surface area (Å²) in [6.07, 6.45) is 0. The highest BCUT2D eigenvalue weighted by molar-refractivity contribution is 7.71. The molecule has 2 rings (SSSR count). The predicted octanol–water partition coefficient (Wildman–Crippen LogP) is 4.21. The van der Waals surface area contributed by atoms with Gasteiger partial charge in [-0.15, -0.1) is 0 Å². The molecule has 5 heteroatoms. The molecular weight excluding hydrogens is 254 g/mol. The Morgan fingerprint density at radius 2 is 2.00 bits per heavy atom. The van der Waals surface area contributed by atoms with Gasteiger partial charge < -0.3 is 4.98 Å². The van der Waals surface area contributed by atoms with Crippen LogP contribution in [-0.4, -0.2) is 9.97 Å². The van der Waals surface area contributed by atoms with Crippen molar-refractivity contribution in [3.8, 4) is 11.3 Å². The zero-order valence-corrected chi connectivity index (χ0v) is 10.8. The van der Waals surface area contributed by atoms with Crippen LogP contribution in [0.5, 0.6) is 0 Å². The van der Waals surface area contributed by atoms with Gasteiger partial charge >= 0.3 is 0 Å². The first-order valence-electron chi connectivity index (χ1n) is 5.54. The number of nitrogens with zero attached hydrogens (tertiary/aromatic N) is 1. The quantitative estimate of drug-likeness (QED) is 0.825. The van der Waals surface area contributed by atoms with Crippen LogP contribution in [0.1, 0.15) is 25.6 Å². The zero-order chi connectivity index (χ0) is 13.3. The molecule has 0 bridgehead atoms. The van der Waals surface area contributed by atoms with Gasteiger partial charge in [0.25, 0.3) is 0 Å². The molecule has 0 aliphatic carbocycles. The third kappa shape index (κ3) is 2.46. The molecular formula is C13H12F2N2S. The van der Waals surface area contributed by atoms with Gasteiger partial charge in [-0.05, 0) is 18.2 Å². The Labute approximate surface area is 109 Å². The maximum absolute atomic E-state index is 13.7. The molecule has 0 amide bonds.